The summed E-state index contributed by atoms with van der Waals surface area (Å²) in [5.41, 5.74) is 0.954. The number of rotatable bonds is 2. The van der Waals surface area contributed by atoms with Crippen LogP contribution in [0, 0.1) is 11.8 Å². The smallest absolute Gasteiger partial charge is 0.124 e. The second kappa shape index (κ2) is 5.79. The number of benzene rings is 1. The third kappa shape index (κ3) is 3.16. The van der Waals surface area contributed by atoms with Gasteiger partial charge in [0.05, 0.1) is 19.1 Å². The Bertz CT molecular complexity index is 383. The summed E-state index contributed by atoms with van der Waals surface area (Å²) in [6.07, 6.45) is 1.16. The Labute approximate surface area is 101 Å². The summed E-state index contributed by atoms with van der Waals surface area (Å²) >= 11 is 5.48. The standard InChI is InChI=1S/C13H13ClO2/c14-8-1-2-11-3-5-12(6-4-11)16-13-7-9-15-10-13/h3-6,13H,7-10H2. The minimum atomic E-state index is 0.194. The molecular weight excluding hydrogens is 224 g/mol. The van der Waals surface area contributed by atoms with Crippen LogP contribution in [-0.2, 0) is 4.74 Å². The molecule has 0 amide bonds. The van der Waals surface area contributed by atoms with Gasteiger partial charge in [-0.05, 0) is 24.3 Å². The van der Waals surface area contributed by atoms with Gasteiger partial charge in [0.1, 0.15) is 11.9 Å². The molecule has 1 atom stereocenters. The van der Waals surface area contributed by atoms with Crippen LogP contribution in [0.4, 0.5) is 0 Å². The Morgan fingerprint density at radius 1 is 1.38 bits per heavy atom. The topological polar surface area (TPSA) is 18.5 Å². The van der Waals surface area contributed by atoms with Crippen LogP contribution in [0.25, 0.3) is 0 Å². The van der Waals surface area contributed by atoms with Gasteiger partial charge < -0.3 is 9.47 Å². The van der Waals surface area contributed by atoms with E-state index in [4.69, 9.17) is 21.1 Å². The summed E-state index contributed by atoms with van der Waals surface area (Å²) in [4.78, 5) is 0. The Morgan fingerprint density at radius 3 is 2.81 bits per heavy atom. The van der Waals surface area contributed by atoms with Gasteiger partial charge in [-0.1, -0.05) is 11.8 Å². The maximum Gasteiger partial charge on any atom is 0.124 e. The molecule has 1 aliphatic heterocycles. The van der Waals surface area contributed by atoms with Crippen molar-refractivity contribution < 1.29 is 9.47 Å². The third-order valence-electron chi connectivity index (χ3n) is 2.34. The summed E-state index contributed by atoms with van der Waals surface area (Å²) in [6.45, 7) is 1.48. The van der Waals surface area contributed by atoms with E-state index >= 15 is 0 Å². The molecule has 2 rings (SSSR count). The Balaban J connectivity index is 1.95. The van der Waals surface area contributed by atoms with Crippen LogP contribution in [0.1, 0.15) is 12.0 Å². The Kier molecular flexibility index (Phi) is 4.10. The van der Waals surface area contributed by atoms with Crippen molar-refractivity contribution in [3.05, 3.63) is 29.8 Å². The molecule has 1 heterocycles. The van der Waals surface area contributed by atoms with Crippen LogP contribution in [0.5, 0.6) is 5.75 Å². The summed E-state index contributed by atoms with van der Waals surface area (Å²) < 4.78 is 11.0. The van der Waals surface area contributed by atoms with Crippen LogP contribution in [0.2, 0.25) is 0 Å². The van der Waals surface area contributed by atoms with Crippen molar-refractivity contribution in [2.24, 2.45) is 0 Å². The van der Waals surface area contributed by atoms with Crippen molar-refractivity contribution in [2.45, 2.75) is 12.5 Å². The van der Waals surface area contributed by atoms with Crippen LogP contribution >= 0.6 is 11.6 Å². The predicted molar refractivity (Wildman–Crippen MR) is 63.9 cm³/mol. The lowest BCUT2D eigenvalue weighted by Crippen LogP contribution is -2.15. The quantitative estimate of drug-likeness (QED) is 0.580. The lowest BCUT2D eigenvalue weighted by atomic mass is 10.2. The highest BCUT2D eigenvalue weighted by Crippen LogP contribution is 2.17. The van der Waals surface area contributed by atoms with E-state index in [-0.39, 0.29) is 6.10 Å². The normalized spacial score (nSPS) is 18.9. The first-order valence-corrected chi connectivity index (χ1v) is 5.81. The molecule has 2 nitrogen and oxygen atoms in total. The van der Waals surface area contributed by atoms with E-state index in [1.54, 1.807) is 0 Å². The predicted octanol–water partition coefficient (Wildman–Crippen LogP) is 2.44. The molecule has 1 saturated heterocycles. The van der Waals surface area contributed by atoms with Crippen molar-refractivity contribution in [1.82, 2.24) is 0 Å². The van der Waals surface area contributed by atoms with Crippen molar-refractivity contribution >= 4 is 11.6 Å². The van der Waals surface area contributed by atoms with Crippen molar-refractivity contribution in [3.8, 4) is 17.6 Å². The molecule has 0 aliphatic carbocycles. The van der Waals surface area contributed by atoms with Crippen LogP contribution in [0.3, 0.4) is 0 Å². The molecule has 1 aromatic rings. The molecule has 0 spiro atoms. The molecule has 0 N–H and O–H groups in total. The van der Waals surface area contributed by atoms with Gasteiger partial charge in [-0.2, -0.15) is 0 Å². The number of ether oxygens (including phenoxy) is 2. The SMILES string of the molecule is ClCC#Cc1ccc(OC2CCOC2)cc1. The van der Waals surface area contributed by atoms with Gasteiger partial charge in [-0.15, -0.1) is 11.6 Å². The fourth-order valence-electron chi connectivity index (χ4n) is 1.55. The molecule has 1 unspecified atom stereocenters. The Morgan fingerprint density at radius 2 is 2.19 bits per heavy atom. The molecule has 0 aromatic heterocycles. The highest BCUT2D eigenvalue weighted by Gasteiger charge is 2.16. The molecule has 3 heteroatoms. The summed E-state index contributed by atoms with van der Waals surface area (Å²) in [5, 5.41) is 0. The molecule has 0 radical (unpaired) electrons. The fraction of sp³-hybridized carbons (Fsp3) is 0.385. The van der Waals surface area contributed by atoms with Crippen LogP contribution in [-0.4, -0.2) is 25.2 Å². The maximum absolute atomic E-state index is 5.74. The van der Waals surface area contributed by atoms with Crippen LogP contribution < -0.4 is 4.74 Å². The van der Waals surface area contributed by atoms with E-state index < -0.39 is 0 Å². The first-order chi connectivity index (χ1) is 7.88. The van der Waals surface area contributed by atoms with E-state index in [2.05, 4.69) is 11.8 Å². The molecule has 0 saturated carbocycles. The zero-order valence-corrected chi connectivity index (χ0v) is 9.67. The number of hydrogen-bond donors (Lipinski definition) is 0. The van der Waals surface area contributed by atoms with E-state index in [9.17, 15) is 0 Å². The molecule has 84 valence electrons. The number of hydrogen-bond acceptors (Lipinski definition) is 2. The molecule has 1 aliphatic rings. The zero-order valence-electron chi connectivity index (χ0n) is 8.91. The van der Waals surface area contributed by atoms with E-state index in [0.29, 0.717) is 12.5 Å². The molecule has 0 bridgehead atoms. The molecule has 1 fully saturated rings. The first-order valence-electron chi connectivity index (χ1n) is 5.28. The average molecular weight is 237 g/mol. The minimum Gasteiger partial charge on any atom is -0.488 e. The van der Waals surface area contributed by atoms with Gasteiger partial charge in [-0.3, -0.25) is 0 Å². The summed E-state index contributed by atoms with van der Waals surface area (Å²) in [5.74, 6) is 6.99. The minimum absolute atomic E-state index is 0.194. The fourth-order valence-corrected chi connectivity index (χ4v) is 1.62. The first kappa shape index (κ1) is 11.3. The number of alkyl halides is 1. The monoisotopic (exact) mass is 236 g/mol. The van der Waals surface area contributed by atoms with Crippen molar-refractivity contribution in [1.29, 1.82) is 0 Å². The highest BCUT2D eigenvalue weighted by molar-refractivity contribution is 6.19. The van der Waals surface area contributed by atoms with Gasteiger partial charge in [0.25, 0.3) is 0 Å². The van der Waals surface area contributed by atoms with E-state index in [1.165, 1.54) is 0 Å². The second-order valence-corrected chi connectivity index (χ2v) is 3.83. The zero-order chi connectivity index (χ0) is 11.2. The molecular formula is C13H13ClO2. The third-order valence-corrected chi connectivity index (χ3v) is 2.48. The van der Waals surface area contributed by atoms with Gasteiger partial charge in [0.2, 0.25) is 0 Å². The lowest BCUT2D eigenvalue weighted by Gasteiger charge is -2.11. The van der Waals surface area contributed by atoms with Crippen molar-refractivity contribution in [3.63, 3.8) is 0 Å². The summed E-state index contributed by atoms with van der Waals surface area (Å²) in [6, 6.07) is 7.72. The molecule has 16 heavy (non-hydrogen) atoms. The van der Waals surface area contributed by atoms with Crippen LogP contribution in [0.15, 0.2) is 24.3 Å². The largest absolute Gasteiger partial charge is 0.488 e. The van der Waals surface area contributed by atoms with E-state index in [1.807, 2.05) is 24.3 Å². The van der Waals surface area contributed by atoms with Gasteiger partial charge >= 0.3 is 0 Å². The Hall–Kier alpha value is -1.17. The van der Waals surface area contributed by atoms with Gasteiger partial charge in [0.15, 0.2) is 0 Å². The number of halogens is 1. The summed E-state index contributed by atoms with van der Waals surface area (Å²) in [7, 11) is 0. The highest BCUT2D eigenvalue weighted by atomic mass is 35.5. The van der Waals surface area contributed by atoms with Crippen molar-refractivity contribution in [2.75, 3.05) is 19.1 Å². The maximum atomic E-state index is 5.74. The molecule has 1 aromatic carbocycles. The average Bonchev–Trinajstić information content (AvgIpc) is 2.81. The van der Waals surface area contributed by atoms with E-state index in [0.717, 1.165) is 24.3 Å². The van der Waals surface area contributed by atoms with Gasteiger partial charge in [0, 0.05) is 12.0 Å². The lowest BCUT2D eigenvalue weighted by molar-refractivity contribution is 0.141. The second-order valence-electron chi connectivity index (χ2n) is 3.56. The van der Waals surface area contributed by atoms with Gasteiger partial charge in [-0.25, -0.2) is 0 Å².